The number of nitriles is 1. The lowest BCUT2D eigenvalue weighted by Crippen LogP contribution is -2.44. The van der Waals surface area contributed by atoms with Gasteiger partial charge in [-0.3, -0.25) is 4.79 Å². The maximum absolute atomic E-state index is 13.6. The van der Waals surface area contributed by atoms with E-state index < -0.39 is 18.0 Å². The molecule has 1 unspecified atom stereocenters. The van der Waals surface area contributed by atoms with Gasteiger partial charge in [0.2, 0.25) is 11.7 Å². The lowest BCUT2D eigenvalue weighted by atomic mass is 10.1. The Balaban J connectivity index is 1.52. The van der Waals surface area contributed by atoms with E-state index in [4.69, 9.17) is 10.00 Å². The average Bonchev–Trinajstić information content (AvgIpc) is 3.39. The highest BCUT2D eigenvalue weighted by atomic mass is 19.4. The minimum atomic E-state index is -4.74. The number of amides is 1. The number of carbonyl (C=O) groups excluding carboxylic acids is 1. The zero-order valence-electron chi connectivity index (χ0n) is 19.5. The fourth-order valence-corrected chi connectivity index (χ4v) is 4.13. The Labute approximate surface area is 206 Å². The molecule has 1 atom stereocenters. The third-order valence-corrected chi connectivity index (χ3v) is 6.00. The first-order chi connectivity index (χ1) is 17.3. The van der Waals surface area contributed by atoms with Crippen molar-refractivity contribution in [2.24, 2.45) is 0 Å². The number of aromatic nitrogens is 2. The Morgan fingerprint density at radius 2 is 1.89 bits per heavy atom. The van der Waals surface area contributed by atoms with Crippen molar-refractivity contribution in [2.45, 2.75) is 31.5 Å². The van der Waals surface area contributed by atoms with Crippen LogP contribution < -0.4 is 15.0 Å². The van der Waals surface area contributed by atoms with Crippen molar-refractivity contribution < 1.29 is 22.7 Å². The van der Waals surface area contributed by atoms with Gasteiger partial charge in [-0.15, -0.1) is 0 Å². The van der Waals surface area contributed by atoms with Crippen LogP contribution in [0.3, 0.4) is 0 Å². The Bertz CT molecular complexity index is 1250. The number of benzene rings is 2. The van der Waals surface area contributed by atoms with Crippen molar-refractivity contribution in [2.75, 3.05) is 25.1 Å². The van der Waals surface area contributed by atoms with Gasteiger partial charge in [0.25, 0.3) is 0 Å². The second-order valence-electron chi connectivity index (χ2n) is 8.36. The number of alkyl halides is 3. The molecule has 186 valence electrons. The summed E-state index contributed by atoms with van der Waals surface area (Å²) in [5, 5.41) is 11.8. The molecular weight excluding hydrogens is 471 g/mol. The quantitative estimate of drug-likeness (QED) is 0.524. The zero-order valence-corrected chi connectivity index (χ0v) is 19.5. The zero-order chi connectivity index (χ0) is 25.7. The van der Waals surface area contributed by atoms with Gasteiger partial charge in [-0.2, -0.15) is 18.4 Å². The maximum Gasteiger partial charge on any atom is 0.451 e. The number of anilines is 1. The molecule has 36 heavy (non-hydrogen) atoms. The van der Waals surface area contributed by atoms with E-state index in [1.807, 2.05) is 12.1 Å². The van der Waals surface area contributed by atoms with Crippen LogP contribution in [0.2, 0.25) is 0 Å². The van der Waals surface area contributed by atoms with Gasteiger partial charge >= 0.3 is 6.18 Å². The third-order valence-electron chi connectivity index (χ3n) is 6.00. The summed E-state index contributed by atoms with van der Waals surface area (Å²) in [4.78, 5) is 22.1. The van der Waals surface area contributed by atoms with Crippen LogP contribution in [-0.2, 0) is 17.4 Å². The number of halogens is 3. The summed E-state index contributed by atoms with van der Waals surface area (Å²) in [7, 11) is 1.50. The summed E-state index contributed by atoms with van der Waals surface area (Å²) in [6, 6.07) is 16.5. The van der Waals surface area contributed by atoms with Gasteiger partial charge in [-0.1, -0.05) is 12.1 Å². The summed E-state index contributed by atoms with van der Waals surface area (Å²) in [5.74, 6) is -0.883. The Kier molecular flexibility index (Phi) is 7.38. The molecule has 1 aliphatic heterocycles. The number of ether oxygens (including phenoxy) is 1. The van der Waals surface area contributed by atoms with Gasteiger partial charge in [0.15, 0.2) is 0 Å². The van der Waals surface area contributed by atoms with Crippen molar-refractivity contribution in [1.82, 2.24) is 15.3 Å². The van der Waals surface area contributed by atoms with E-state index in [2.05, 4.69) is 21.4 Å². The second kappa shape index (κ2) is 10.6. The van der Waals surface area contributed by atoms with E-state index in [-0.39, 0.29) is 17.4 Å². The van der Waals surface area contributed by atoms with Crippen LogP contribution in [0, 0.1) is 11.3 Å². The lowest BCUT2D eigenvalue weighted by molar-refractivity contribution is -0.144. The highest BCUT2D eigenvalue weighted by molar-refractivity contribution is 5.85. The number of methoxy groups -OCH3 is 1. The number of nitrogens with one attached hydrogen (secondary N) is 1. The number of hydrogen-bond acceptors (Lipinski definition) is 6. The molecule has 2 heterocycles. The number of rotatable bonds is 7. The molecule has 10 heteroatoms. The first-order valence-corrected chi connectivity index (χ1v) is 11.4. The normalized spacial score (nSPS) is 15.4. The molecule has 0 spiro atoms. The lowest BCUT2D eigenvalue weighted by Gasteiger charge is -2.26. The van der Waals surface area contributed by atoms with Crippen molar-refractivity contribution in [1.29, 1.82) is 5.26 Å². The van der Waals surface area contributed by atoms with Crippen LogP contribution in [0.5, 0.6) is 5.75 Å². The summed E-state index contributed by atoms with van der Waals surface area (Å²) >= 11 is 0. The van der Waals surface area contributed by atoms with Crippen molar-refractivity contribution in [3.05, 3.63) is 71.5 Å². The van der Waals surface area contributed by atoms with Crippen LogP contribution in [-0.4, -0.2) is 42.1 Å². The smallest absolute Gasteiger partial charge is 0.451 e. The molecule has 0 aliphatic carbocycles. The van der Waals surface area contributed by atoms with Crippen molar-refractivity contribution in [3.63, 3.8) is 0 Å². The SMILES string of the molecule is COc1ccc(-c2cc(N3CCCC3C(=O)NCCc3ccc(C#N)cc3)nc(C(F)(F)F)n2)cc1. The highest BCUT2D eigenvalue weighted by Crippen LogP contribution is 2.33. The van der Waals surface area contributed by atoms with Crippen LogP contribution in [0.25, 0.3) is 11.3 Å². The minimum Gasteiger partial charge on any atom is -0.497 e. The van der Waals surface area contributed by atoms with Gasteiger partial charge in [-0.05, 0) is 61.2 Å². The number of hydrogen-bond donors (Lipinski definition) is 1. The minimum absolute atomic E-state index is 0.0629. The van der Waals surface area contributed by atoms with Gasteiger partial charge < -0.3 is 15.0 Å². The Morgan fingerprint density at radius 3 is 2.53 bits per heavy atom. The van der Waals surface area contributed by atoms with Crippen molar-refractivity contribution >= 4 is 11.7 Å². The van der Waals surface area contributed by atoms with E-state index in [1.54, 1.807) is 41.3 Å². The third kappa shape index (κ3) is 5.74. The summed E-state index contributed by atoms with van der Waals surface area (Å²) in [6.45, 7) is 0.772. The molecule has 7 nitrogen and oxygen atoms in total. The van der Waals surface area contributed by atoms with E-state index >= 15 is 0 Å². The second-order valence-corrected chi connectivity index (χ2v) is 8.36. The van der Waals surface area contributed by atoms with Crippen LogP contribution in [0.15, 0.2) is 54.6 Å². The standard InChI is InChI=1S/C26H24F3N5O2/c1-36-20-10-8-19(9-11-20)21-15-23(33-25(32-21)26(27,28)29)34-14-2-3-22(34)24(35)31-13-12-17-4-6-18(16-30)7-5-17/h4-11,15,22H,2-3,12-14H2,1H3,(H,31,35). The first-order valence-electron chi connectivity index (χ1n) is 11.4. The molecule has 1 N–H and O–H groups in total. The van der Waals surface area contributed by atoms with Gasteiger partial charge in [0.05, 0.1) is 24.4 Å². The van der Waals surface area contributed by atoms with Crippen LogP contribution >= 0.6 is 0 Å². The molecule has 1 aliphatic rings. The molecule has 1 fully saturated rings. The molecule has 0 radical (unpaired) electrons. The summed E-state index contributed by atoms with van der Waals surface area (Å²) in [5.41, 5.74) is 2.11. The van der Waals surface area contributed by atoms with Crippen LogP contribution in [0.4, 0.5) is 19.0 Å². The van der Waals surface area contributed by atoms with Gasteiger partial charge in [0.1, 0.15) is 17.6 Å². The average molecular weight is 496 g/mol. The highest BCUT2D eigenvalue weighted by Gasteiger charge is 2.38. The van der Waals surface area contributed by atoms with Gasteiger partial charge in [0, 0.05) is 24.7 Å². The fourth-order valence-electron chi connectivity index (χ4n) is 4.13. The summed E-state index contributed by atoms with van der Waals surface area (Å²) < 4.78 is 46.0. The van der Waals surface area contributed by atoms with E-state index in [0.29, 0.717) is 49.2 Å². The molecule has 1 amide bonds. The number of carbonyl (C=O) groups is 1. The van der Waals surface area contributed by atoms with E-state index in [0.717, 1.165) is 5.56 Å². The number of nitrogens with zero attached hydrogens (tertiary/aromatic N) is 4. The molecule has 2 aromatic carbocycles. The fraction of sp³-hybridized carbons (Fsp3) is 0.308. The van der Waals surface area contributed by atoms with Crippen molar-refractivity contribution in [3.8, 4) is 23.1 Å². The molecule has 1 saturated heterocycles. The molecule has 4 rings (SSSR count). The largest absolute Gasteiger partial charge is 0.497 e. The molecule has 3 aromatic rings. The van der Waals surface area contributed by atoms with Crippen LogP contribution in [0.1, 0.15) is 29.8 Å². The van der Waals surface area contributed by atoms with E-state index in [1.165, 1.54) is 13.2 Å². The molecule has 0 bridgehead atoms. The Hall–Kier alpha value is -4.13. The molecule has 0 saturated carbocycles. The predicted molar refractivity (Wildman–Crippen MR) is 127 cm³/mol. The predicted octanol–water partition coefficient (Wildman–Crippen LogP) is 4.37. The molecule has 1 aromatic heterocycles. The molecular formula is C26H24F3N5O2. The Morgan fingerprint density at radius 1 is 1.17 bits per heavy atom. The maximum atomic E-state index is 13.6. The topological polar surface area (TPSA) is 91.1 Å². The summed E-state index contributed by atoms with van der Waals surface area (Å²) in [6.07, 6.45) is -3.02. The van der Waals surface area contributed by atoms with Gasteiger partial charge in [-0.25, -0.2) is 9.97 Å². The van der Waals surface area contributed by atoms with E-state index in [9.17, 15) is 18.0 Å². The first kappa shape index (κ1) is 25.0. The monoisotopic (exact) mass is 495 g/mol.